The number of aromatic nitrogens is 1. The molecule has 0 atom stereocenters. The van der Waals surface area contributed by atoms with Gasteiger partial charge in [0.1, 0.15) is 11.5 Å². The van der Waals surface area contributed by atoms with Gasteiger partial charge in [-0.3, -0.25) is 24.0 Å². The smallest absolute Gasteiger partial charge is 0.263 e. The lowest BCUT2D eigenvalue weighted by molar-refractivity contribution is -0.135. The maximum Gasteiger partial charge on any atom is 0.263 e. The van der Waals surface area contributed by atoms with E-state index < -0.39 is 0 Å². The quantitative estimate of drug-likeness (QED) is 0.241. The van der Waals surface area contributed by atoms with Crippen molar-refractivity contribution in [2.75, 3.05) is 59.1 Å². The van der Waals surface area contributed by atoms with Crippen molar-refractivity contribution < 1.29 is 19.0 Å². The average molecular weight is 645 g/mol. The van der Waals surface area contributed by atoms with E-state index in [1.54, 1.807) is 24.3 Å². The van der Waals surface area contributed by atoms with Gasteiger partial charge in [0.15, 0.2) is 6.61 Å². The van der Waals surface area contributed by atoms with Gasteiger partial charge in [-0.15, -0.1) is 0 Å². The van der Waals surface area contributed by atoms with Crippen molar-refractivity contribution in [3.8, 4) is 17.2 Å². The first-order valence-corrected chi connectivity index (χ1v) is 16.3. The van der Waals surface area contributed by atoms with Crippen LogP contribution in [0, 0.1) is 0 Å². The summed E-state index contributed by atoms with van der Waals surface area (Å²) in [5, 5.41) is 2.19. The highest BCUT2D eigenvalue weighted by Crippen LogP contribution is 2.29. The Hall–Kier alpha value is -3.89. The van der Waals surface area contributed by atoms with Gasteiger partial charge >= 0.3 is 0 Å². The number of piperazine rings is 1. The van der Waals surface area contributed by atoms with Crippen molar-refractivity contribution in [3.63, 3.8) is 0 Å². The number of carbonyl (C=O) groups is 1. The maximum absolute atomic E-state index is 14.2. The van der Waals surface area contributed by atoms with Crippen molar-refractivity contribution in [2.45, 2.75) is 33.0 Å². The van der Waals surface area contributed by atoms with Crippen LogP contribution in [0.15, 0.2) is 77.6 Å². The molecule has 6 rings (SSSR count). The van der Waals surface area contributed by atoms with Crippen LogP contribution in [0.2, 0.25) is 5.02 Å². The second-order valence-corrected chi connectivity index (χ2v) is 12.6. The second-order valence-electron chi connectivity index (χ2n) is 12.1. The van der Waals surface area contributed by atoms with E-state index in [4.69, 9.17) is 25.8 Å². The summed E-state index contributed by atoms with van der Waals surface area (Å²) >= 11 is 5.95. The van der Waals surface area contributed by atoms with Crippen molar-refractivity contribution in [3.05, 3.63) is 99.4 Å². The molecule has 0 saturated carbocycles. The van der Waals surface area contributed by atoms with Crippen LogP contribution in [0.1, 0.15) is 25.1 Å². The SMILES string of the molecule is CC(C)Oc1cc(CN2CCOCC2)ccc1-n1c(CN2CCN(C(=O)COc3ccc(Cl)cc3)CC2)cc2ccccc2c1=O. The first-order valence-electron chi connectivity index (χ1n) is 16.0. The van der Waals surface area contributed by atoms with Crippen LogP contribution < -0.4 is 15.0 Å². The van der Waals surface area contributed by atoms with Gasteiger partial charge in [-0.25, -0.2) is 0 Å². The molecule has 0 radical (unpaired) electrons. The highest BCUT2D eigenvalue weighted by Gasteiger charge is 2.24. The van der Waals surface area contributed by atoms with E-state index in [1.165, 1.54) is 0 Å². The summed E-state index contributed by atoms with van der Waals surface area (Å²) in [5.74, 6) is 1.25. The van der Waals surface area contributed by atoms with Gasteiger partial charge in [-0.2, -0.15) is 0 Å². The third kappa shape index (κ3) is 7.73. The number of hydrogen-bond acceptors (Lipinski definition) is 7. The summed E-state index contributed by atoms with van der Waals surface area (Å²) < 4.78 is 19.4. The maximum atomic E-state index is 14.2. The first kappa shape index (κ1) is 32.1. The Labute approximate surface area is 274 Å². The Morgan fingerprint density at radius 2 is 1.59 bits per heavy atom. The summed E-state index contributed by atoms with van der Waals surface area (Å²) in [6.07, 6.45) is -0.0636. The van der Waals surface area contributed by atoms with Gasteiger partial charge in [-0.05, 0) is 73.3 Å². The third-order valence-electron chi connectivity index (χ3n) is 8.43. The standard InChI is InChI=1S/C36H41ClN4O5/c1-26(2)46-34-21-27(23-39-17-19-44-20-18-39)7-12-33(34)41-30(22-28-5-3-4-6-32(28)36(41)43)24-38-13-15-40(16-14-38)35(42)25-45-31-10-8-29(37)9-11-31/h3-12,21-22,26H,13-20,23-25H2,1-2H3. The van der Waals surface area contributed by atoms with Crippen LogP contribution in [-0.2, 0) is 22.6 Å². The molecule has 4 aromatic rings. The number of nitrogens with zero attached hydrogens (tertiary/aromatic N) is 4. The van der Waals surface area contributed by atoms with Crippen LogP contribution in [-0.4, -0.2) is 90.4 Å². The van der Waals surface area contributed by atoms with Crippen molar-refractivity contribution in [1.82, 2.24) is 19.3 Å². The van der Waals surface area contributed by atoms with Gasteiger partial charge in [0.2, 0.25) is 0 Å². The Bertz CT molecular complexity index is 1710. The minimum Gasteiger partial charge on any atom is -0.489 e. The monoisotopic (exact) mass is 644 g/mol. The molecule has 2 aliphatic rings. The minimum atomic E-state index is -0.0733. The zero-order valence-electron chi connectivity index (χ0n) is 26.5. The highest BCUT2D eigenvalue weighted by molar-refractivity contribution is 6.30. The van der Waals surface area contributed by atoms with Gasteiger partial charge < -0.3 is 19.1 Å². The zero-order valence-corrected chi connectivity index (χ0v) is 27.2. The number of morpholine rings is 1. The van der Waals surface area contributed by atoms with E-state index >= 15 is 0 Å². The van der Waals surface area contributed by atoms with E-state index in [9.17, 15) is 9.59 Å². The first-order chi connectivity index (χ1) is 22.3. The molecular weight excluding hydrogens is 604 g/mol. The van der Waals surface area contributed by atoms with Crippen molar-refractivity contribution >= 4 is 28.3 Å². The van der Waals surface area contributed by atoms with E-state index in [1.807, 2.05) is 53.6 Å². The fourth-order valence-corrected chi connectivity index (χ4v) is 6.18. The Kier molecular flexibility index (Phi) is 10.2. The molecule has 0 unspecified atom stereocenters. The van der Waals surface area contributed by atoms with E-state index in [2.05, 4.69) is 28.0 Å². The van der Waals surface area contributed by atoms with Gasteiger partial charge in [0.25, 0.3) is 11.5 Å². The van der Waals surface area contributed by atoms with Gasteiger partial charge in [-0.1, -0.05) is 35.9 Å². The molecule has 3 heterocycles. The molecule has 10 heteroatoms. The topological polar surface area (TPSA) is 76.5 Å². The normalized spacial score (nSPS) is 16.2. The molecule has 0 N–H and O–H groups in total. The lowest BCUT2D eigenvalue weighted by Gasteiger charge is -2.35. The molecule has 9 nitrogen and oxygen atoms in total. The highest BCUT2D eigenvalue weighted by atomic mass is 35.5. The van der Waals surface area contributed by atoms with E-state index in [-0.39, 0.29) is 24.2 Å². The number of pyridine rings is 1. The molecule has 1 amide bonds. The molecule has 2 saturated heterocycles. The Morgan fingerprint density at radius 1 is 0.870 bits per heavy atom. The van der Waals surface area contributed by atoms with Crippen LogP contribution in [0.25, 0.3) is 16.5 Å². The molecule has 2 fully saturated rings. The number of rotatable bonds is 10. The lowest BCUT2D eigenvalue weighted by Crippen LogP contribution is -2.49. The predicted octanol–water partition coefficient (Wildman–Crippen LogP) is 4.99. The summed E-state index contributed by atoms with van der Waals surface area (Å²) in [5.41, 5.74) is 2.68. The molecule has 0 bridgehead atoms. The van der Waals surface area contributed by atoms with E-state index in [0.29, 0.717) is 54.6 Å². The number of halogens is 1. The van der Waals surface area contributed by atoms with Gasteiger partial charge in [0, 0.05) is 68.5 Å². The number of amides is 1. The predicted molar refractivity (Wildman–Crippen MR) is 180 cm³/mol. The zero-order chi connectivity index (χ0) is 32.0. The molecule has 3 aromatic carbocycles. The molecule has 0 spiro atoms. The molecule has 242 valence electrons. The molecule has 1 aromatic heterocycles. The van der Waals surface area contributed by atoms with Crippen molar-refractivity contribution in [1.29, 1.82) is 0 Å². The van der Waals surface area contributed by atoms with E-state index in [0.717, 1.165) is 55.2 Å². The van der Waals surface area contributed by atoms with Crippen LogP contribution in [0.4, 0.5) is 0 Å². The Morgan fingerprint density at radius 3 is 2.33 bits per heavy atom. The Balaban J connectivity index is 1.23. The average Bonchev–Trinajstić information content (AvgIpc) is 3.06. The molecular formula is C36H41ClN4O5. The number of benzene rings is 3. The number of fused-ring (bicyclic) bond motifs is 1. The van der Waals surface area contributed by atoms with Crippen molar-refractivity contribution in [2.24, 2.45) is 0 Å². The molecule has 0 aliphatic carbocycles. The largest absolute Gasteiger partial charge is 0.489 e. The number of carbonyl (C=O) groups excluding carboxylic acids is 1. The summed E-state index contributed by atoms with van der Waals surface area (Å²) in [6, 6.07) is 23.0. The fourth-order valence-electron chi connectivity index (χ4n) is 6.05. The second kappa shape index (κ2) is 14.7. The van der Waals surface area contributed by atoms with Gasteiger partial charge in [0.05, 0.1) is 25.0 Å². The third-order valence-corrected chi connectivity index (χ3v) is 8.68. The lowest BCUT2D eigenvalue weighted by atomic mass is 10.1. The van der Waals surface area contributed by atoms with Crippen LogP contribution in [0.5, 0.6) is 11.5 Å². The summed E-state index contributed by atoms with van der Waals surface area (Å²) in [4.78, 5) is 33.6. The fraction of sp³-hybridized carbons (Fsp3) is 0.389. The summed E-state index contributed by atoms with van der Waals surface area (Å²) in [6.45, 7) is 11.1. The molecule has 2 aliphatic heterocycles. The number of ether oxygens (including phenoxy) is 3. The number of hydrogen-bond donors (Lipinski definition) is 0. The van der Waals surface area contributed by atoms with Crippen LogP contribution >= 0.6 is 11.6 Å². The van der Waals surface area contributed by atoms with Crippen LogP contribution in [0.3, 0.4) is 0 Å². The molecule has 46 heavy (non-hydrogen) atoms. The summed E-state index contributed by atoms with van der Waals surface area (Å²) in [7, 11) is 0. The minimum absolute atomic E-state index is 0.0218.